The van der Waals surface area contributed by atoms with E-state index in [1.165, 1.54) is 38.5 Å². The maximum absolute atomic E-state index is 11.9. The number of nitrogens with one attached hydrogen (secondary N) is 2. The quantitative estimate of drug-likeness (QED) is 0.103. The van der Waals surface area contributed by atoms with Crippen LogP contribution in [0.5, 0.6) is 0 Å². The SMILES string of the molecule is CC(C)C(CC[C@H](C)C1CCC2C3C(O)C[C@@]4(C)C[C@@H](NCCCNCCCCN)CC[C@]4(C)C3CC[C@@]21C)OS(=O)(=O)O. The van der Waals surface area contributed by atoms with E-state index in [0.29, 0.717) is 42.1 Å². The van der Waals surface area contributed by atoms with Crippen LogP contribution < -0.4 is 16.4 Å². The van der Waals surface area contributed by atoms with Crippen LogP contribution in [0.4, 0.5) is 0 Å². The van der Waals surface area contributed by atoms with Crippen molar-refractivity contribution < 1.29 is 22.3 Å². The highest BCUT2D eigenvalue weighted by Gasteiger charge is 2.65. The molecule has 0 aromatic rings. The van der Waals surface area contributed by atoms with E-state index in [9.17, 15) is 18.1 Å². The van der Waals surface area contributed by atoms with Gasteiger partial charge in [0.05, 0.1) is 12.2 Å². The van der Waals surface area contributed by atoms with Crippen molar-refractivity contribution in [1.29, 1.82) is 0 Å². The van der Waals surface area contributed by atoms with Crippen LogP contribution in [-0.4, -0.2) is 62.5 Å². The Labute approximate surface area is 269 Å². The molecule has 0 spiro atoms. The van der Waals surface area contributed by atoms with Crippen molar-refractivity contribution in [1.82, 2.24) is 10.6 Å². The molecule has 9 heteroatoms. The van der Waals surface area contributed by atoms with Gasteiger partial charge in [0.15, 0.2) is 0 Å². The number of aliphatic hydroxyl groups is 1. The first kappa shape index (κ1) is 36.5. The van der Waals surface area contributed by atoms with Crippen LogP contribution >= 0.6 is 0 Å². The second-order valence-corrected chi connectivity index (χ2v) is 17.7. The van der Waals surface area contributed by atoms with Gasteiger partial charge in [-0.05, 0) is 161 Å². The number of unbranched alkanes of at least 4 members (excludes halogenated alkanes) is 1. The molecule has 4 fully saturated rings. The van der Waals surface area contributed by atoms with Crippen molar-refractivity contribution >= 4 is 10.4 Å². The number of nitrogens with two attached hydrogens (primary N) is 1. The average molecular weight is 642 g/mol. The fraction of sp³-hybridized carbons (Fsp3) is 1.00. The molecule has 0 aromatic carbocycles. The molecule has 0 heterocycles. The van der Waals surface area contributed by atoms with Gasteiger partial charge >= 0.3 is 10.4 Å². The molecule has 6 N–H and O–H groups in total. The van der Waals surface area contributed by atoms with E-state index in [-0.39, 0.29) is 28.3 Å². The molecule has 0 aliphatic heterocycles. The number of rotatable bonds is 16. The molecule has 0 saturated heterocycles. The Kier molecular flexibility index (Phi) is 12.3. The minimum atomic E-state index is -4.46. The van der Waals surface area contributed by atoms with Crippen molar-refractivity contribution in [2.45, 2.75) is 143 Å². The lowest BCUT2D eigenvalue weighted by molar-refractivity contribution is -0.202. The van der Waals surface area contributed by atoms with Crippen LogP contribution in [0, 0.1) is 51.8 Å². The van der Waals surface area contributed by atoms with E-state index in [4.69, 9.17) is 9.92 Å². The molecule has 0 radical (unpaired) electrons. The Morgan fingerprint density at radius 3 is 2.32 bits per heavy atom. The standard InChI is InChI=1S/C35H67N3O5S/c1-24(2)31(43-44(40,41)42)13-10-25(3)27-11-12-28-32-29(15-16-34(27,28)5)35(6)17-14-26(22-33(35,4)23-30(32)39)38-21-9-20-37-19-8-7-18-36/h24-32,37-39H,7-23,36H2,1-6H3,(H,40,41,42)/t25-,26-,27?,28?,29?,30?,31?,32?,33+,34+,35+/m0/s1. The average Bonchev–Trinajstić information content (AvgIpc) is 3.29. The summed E-state index contributed by atoms with van der Waals surface area (Å²) in [6.45, 7) is 17.7. The molecule has 8 nitrogen and oxygen atoms in total. The molecule has 258 valence electrons. The van der Waals surface area contributed by atoms with E-state index in [0.717, 1.165) is 64.7 Å². The molecule has 0 amide bonds. The van der Waals surface area contributed by atoms with Crippen LogP contribution in [0.1, 0.15) is 125 Å². The second-order valence-electron chi connectivity index (χ2n) is 16.6. The minimum absolute atomic E-state index is 0.0118. The maximum atomic E-state index is 11.9. The van der Waals surface area contributed by atoms with Gasteiger partial charge in [0.1, 0.15) is 0 Å². The van der Waals surface area contributed by atoms with Crippen LogP contribution in [-0.2, 0) is 14.6 Å². The summed E-state index contributed by atoms with van der Waals surface area (Å²) >= 11 is 0. The summed E-state index contributed by atoms with van der Waals surface area (Å²) in [7, 11) is -4.46. The Hall–Kier alpha value is -0.290. The van der Waals surface area contributed by atoms with E-state index in [2.05, 4.69) is 38.3 Å². The largest absolute Gasteiger partial charge is 0.397 e. The monoisotopic (exact) mass is 641 g/mol. The van der Waals surface area contributed by atoms with Crippen molar-refractivity contribution in [3.63, 3.8) is 0 Å². The van der Waals surface area contributed by atoms with Gasteiger partial charge in [0, 0.05) is 6.04 Å². The first-order chi connectivity index (χ1) is 20.6. The Morgan fingerprint density at radius 1 is 0.909 bits per heavy atom. The van der Waals surface area contributed by atoms with Crippen LogP contribution in [0.15, 0.2) is 0 Å². The molecule has 4 rings (SSSR count). The minimum Gasteiger partial charge on any atom is -0.393 e. The summed E-state index contributed by atoms with van der Waals surface area (Å²) in [4.78, 5) is 0. The zero-order valence-corrected chi connectivity index (χ0v) is 29.6. The summed E-state index contributed by atoms with van der Waals surface area (Å²) in [5.41, 5.74) is 6.22. The van der Waals surface area contributed by atoms with Gasteiger partial charge in [-0.3, -0.25) is 4.55 Å². The summed E-state index contributed by atoms with van der Waals surface area (Å²) < 4.78 is 37.2. The lowest BCUT2D eigenvalue weighted by atomic mass is 9.39. The molecular weight excluding hydrogens is 574 g/mol. The van der Waals surface area contributed by atoms with Crippen molar-refractivity contribution in [2.75, 3.05) is 26.2 Å². The fourth-order valence-corrected chi connectivity index (χ4v) is 11.8. The molecule has 6 unspecified atom stereocenters. The molecule has 11 atom stereocenters. The lowest BCUT2D eigenvalue weighted by Crippen LogP contribution is -2.63. The van der Waals surface area contributed by atoms with Gasteiger partial charge in [-0.15, -0.1) is 0 Å². The van der Waals surface area contributed by atoms with E-state index in [1.54, 1.807) is 0 Å². The Morgan fingerprint density at radius 2 is 1.64 bits per heavy atom. The third-order valence-corrected chi connectivity index (χ3v) is 14.3. The summed E-state index contributed by atoms with van der Waals surface area (Å²) in [5, 5.41) is 19.4. The first-order valence-electron chi connectivity index (χ1n) is 18.1. The molecule has 4 aliphatic rings. The summed E-state index contributed by atoms with van der Waals surface area (Å²) in [6.07, 6.45) is 13.5. The summed E-state index contributed by atoms with van der Waals surface area (Å²) in [5.74, 6) is 2.53. The van der Waals surface area contributed by atoms with Crippen molar-refractivity contribution in [3.8, 4) is 0 Å². The van der Waals surface area contributed by atoms with Crippen LogP contribution in [0.3, 0.4) is 0 Å². The molecule has 4 aliphatic carbocycles. The third kappa shape index (κ3) is 7.87. The van der Waals surface area contributed by atoms with Crippen molar-refractivity contribution in [2.24, 2.45) is 57.5 Å². The van der Waals surface area contributed by atoms with Crippen LogP contribution in [0.25, 0.3) is 0 Å². The topological polar surface area (TPSA) is 134 Å². The maximum Gasteiger partial charge on any atom is 0.397 e. The zero-order valence-electron chi connectivity index (χ0n) is 28.8. The smallest absolute Gasteiger partial charge is 0.393 e. The number of fused-ring (bicyclic) bond motifs is 5. The van der Waals surface area contributed by atoms with Crippen LogP contribution in [0.2, 0.25) is 0 Å². The van der Waals surface area contributed by atoms with E-state index >= 15 is 0 Å². The molecule has 0 bridgehead atoms. The molecule has 0 aromatic heterocycles. The normalized spacial score (nSPS) is 40.3. The highest BCUT2D eigenvalue weighted by molar-refractivity contribution is 7.80. The number of hydrogen-bond donors (Lipinski definition) is 5. The van der Waals surface area contributed by atoms with E-state index in [1.807, 2.05) is 13.8 Å². The number of hydrogen-bond acceptors (Lipinski definition) is 7. The third-order valence-electron chi connectivity index (χ3n) is 13.8. The highest BCUT2D eigenvalue weighted by atomic mass is 32.3. The Balaban J connectivity index is 1.35. The first-order valence-corrected chi connectivity index (χ1v) is 19.5. The van der Waals surface area contributed by atoms with Gasteiger partial charge in [0.2, 0.25) is 0 Å². The van der Waals surface area contributed by atoms with Crippen molar-refractivity contribution in [3.05, 3.63) is 0 Å². The molecule has 4 saturated carbocycles. The van der Waals surface area contributed by atoms with Gasteiger partial charge in [-0.25, -0.2) is 4.18 Å². The van der Waals surface area contributed by atoms with Gasteiger partial charge in [-0.1, -0.05) is 41.5 Å². The highest BCUT2D eigenvalue weighted by Crippen LogP contribution is 2.71. The Bertz CT molecular complexity index is 1030. The number of aliphatic hydroxyl groups excluding tert-OH is 1. The predicted octanol–water partition coefficient (Wildman–Crippen LogP) is 5.94. The van der Waals surface area contributed by atoms with Gasteiger partial charge in [-0.2, -0.15) is 8.42 Å². The van der Waals surface area contributed by atoms with E-state index < -0.39 is 16.5 Å². The van der Waals surface area contributed by atoms with Gasteiger partial charge < -0.3 is 21.5 Å². The predicted molar refractivity (Wildman–Crippen MR) is 178 cm³/mol. The molecular formula is C35H67N3O5S. The summed E-state index contributed by atoms with van der Waals surface area (Å²) in [6, 6.07) is 0.541. The lowest BCUT2D eigenvalue weighted by Gasteiger charge is -2.66. The zero-order chi connectivity index (χ0) is 32.3. The fourth-order valence-electron chi connectivity index (χ4n) is 11.1. The molecule has 44 heavy (non-hydrogen) atoms. The second kappa shape index (κ2) is 14.9. The van der Waals surface area contributed by atoms with Gasteiger partial charge in [0.25, 0.3) is 0 Å².